The fourth-order valence-corrected chi connectivity index (χ4v) is 4.79. The highest BCUT2D eigenvalue weighted by Crippen LogP contribution is 2.25. The van der Waals surface area contributed by atoms with Gasteiger partial charge in [0.1, 0.15) is 7.80 Å². The van der Waals surface area contributed by atoms with E-state index in [1.807, 2.05) is 75.4 Å². The fourth-order valence-electron chi connectivity index (χ4n) is 3.30. The number of carbonyl (C=O) groups is 1. The predicted octanol–water partition coefficient (Wildman–Crippen LogP) is 4.35. The van der Waals surface area contributed by atoms with Crippen molar-refractivity contribution >= 4 is 24.2 Å². The number of aryl methyl sites for hydroxylation is 3. The van der Waals surface area contributed by atoms with Gasteiger partial charge in [-0.05, 0) is 31.9 Å². The first-order valence-corrected chi connectivity index (χ1v) is 9.71. The lowest BCUT2D eigenvalue weighted by atomic mass is 9.93. The third kappa shape index (κ3) is 3.50. The molecule has 0 aliphatic carbocycles. The molecular formula is C22H21O2P. The van der Waals surface area contributed by atoms with Gasteiger partial charge in [-0.3, -0.25) is 4.79 Å². The molecule has 1 unspecified atom stereocenters. The van der Waals surface area contributed by atoms with E-state index in [1.54, 1.807) is 12.1 Å². The molecule has 3 heteroatoms. The van der Waals surface area contributed by atoms with Gasteiger partial charge in [-0.15, -0.1) is 0 Å². The minimum Gasteiger partial charge on any atom is -0.317 e. The van der Waals surface area contributed by atoms with Crippen LogP contribution in [0.25, 0.3) is 0 Å². The molecule has 0 bridgehead atoms. The van der Waals surface area contributed by atoms with Gasteiger partial charge in [0.2, 0.25) is 0 Å². The van der Waals surface area contributed by atoms with E-state index < -0.39 is 7.80 Å². The third-order valence-corrected chi connectivity index (χ3v) is 6.14. The average molecular weight is 348 g/mol. The van der Waals surface area contributed by atoms with E-state index in [1.165, 1.54) is 0 Å². The Morgan fingerprint density at radius 3 is 2.00 bits per heavy atom. The molecule has 0 radical (unpaired) electrons. The maximum Gasteiger partial charge on any atom is 0.194 e. The smallest absolute Gasteiger partial charge is 0.194 e. The summed E-state index contributed by atoms with van der Waals surface area (Å²) >= 11 is 0. The zero-order chi connectivity index (χ0) is 18.0. The second-order valence-corrected chi connectivity index (χ2v) is 8.12. The van der Waals surface area contributed by atoms with Crippen LogP contribution in [0.5, 0.6) is 0 Å². The molecule has 2 nitrogen and oxygen atoms in total. The van der Waals surface area contributed by atoms with Crippen molar-refractivity contribution < 1.29 is 9.36 Å². The van der Waals surface area contributed by atoms with E-state index in [4.69, 9.17) is 0 Å². The highest BCUT2D eigenvalue weighted by molar-refractivity contribution is 7.61. The van der Waals surface area contributed by atoms with Crippen LogP contribution in [0, 0.1) is 20.8 Å². The molecule has 0 saturated carbocycles. The van der Waals surface area contributed by atoms with Crippen LogP contribution in [0.15, 0.2) is 66.7 Å². The summed E-state index contributed by atoms with van der Waals surface area (Å²) in [6.45, 7) is 5.93. The monoisotopic (exact) mass is 348 g/mol. The largest absolute Gasteiger partial charge is 0.317 e. The minimum absolute atomic E-state index is 0.0557. The zero-order valence-corrected chi connectivity index (χ0v) is 15.7. The highest BCUT2D eigenvalue weighted by Gasteiger charge is 2.20. The van der Waals surface area contributed by atoms with Crippen LogP contribution in [0.3, 0.4) is 0 Å². The average Bonchev–Trinajstić information content (AvgIpc) is 2.61. The minimum atomic E-state index is -2.23. The summed E-state index contributed by atoms with van der Waals surface area (Å²) in [6.07, 6.45) is 0. The van der Waals surface area contributed by atoms with Gasteiger partial charge in [0, 0.05) is 21.7 Å². The van der Waals surface area contributed by atoms with E-state index in [2.05, 4.69) is 0 Å². The first kappa shape index (κ1) is 17.4. The zero-order valence-electron chi connectivity index (χ0n) is 14.7. The molecule has 3 rings (SSSR count). The van der Waals surface area contributed by atoms with Crippen molar-refractivity contribution in [2.75, 3.05) is 0 Å². The molecule has 0 spiro atoms. The van der Waals surface area contributed by atoms with E-state index in [-0.39, 0.29) is 5.78 Å². The Morgan fingerprint density at radius 1 is 0.800 bits per heavy atom. The second kappa shape index (κ2) is 7.21. The van der Waals surface area contributed by atoms with Gasteiger partial charge < -0.3 is 4.57 Å². The Bertz CT molecular complexity index is 936. The van der Waals surface area contributed by atoms with Crippen molar-refractivity contribution in [1.29, 1.82) is 0 Å². The Balaban J connectivity index is 2.11. The van der Waals surface area contributed by atoms with E-state index in [9.17, 15) is 9.36 Å². The first-order valence-electron chi connectivity index (χ1n) is 8.30. The standard InChI is InChI=1S/C22H21O2P/c1-15-13-16(2)21(17(3)14-15)22(23)19-11-7-8-12-20(19)25(24)18-9-5-4-6-10-18/h4-14,25H,1-3H3. The molecule has 0 heterocycles. The highest BCUT2D eigenvalue weighted by atomic mass is 31.1. The summed E-state index contributed by atoms with van der Waals surface area (Å²) < 4.78 is 13.1. The molecule has 0 amide bonds. The SMILES string of the molecule is Cc1cc(C)c(C(=O)c2ccccc2[PH](=O)c2ccccc2)c(C)c1. The van der Waals surface area contributed by atoms with Gasteiger partial charge in [-0.25, -0.2) is 0 Å². The number of hydrogen-bond acceptors (Lipinski definition) is 2. The van der Waals surface area contributed by atoms with Crippen LogP contribution < -0.4 is 10.6 Å². The third-order valence-electron chi connectivity index (χ3n) is 4.36. The normalized spacial score (nSPS) is 12.0. The number of rotatable bonds is 4. The maximum absolute atomic E-state index is 13.2. The lowest BCUT2D eigenvalue weighted by Gasteiger charge is -2.13. The van der Waals surface area contributed by atoms with Crippen LogP contribution in [0.4, 0.5) is 0 Å². The Kier molecular flexibility index (Phi) is 5.01. The molecule has 0 N–H and O–H groups in total. The molecule has 25 heavy (non-hydrogen) atoms. The molecular weight excluding hydrogens is 327 g/mol. The van der Waals surface area contributed by atoms with E-state index in [0.717, 1.165) is 22.0 Å². The molecule has 3 aromatic carbocycles. The lowest BCUT2D eigenvalue weighted by molar-refractivity contribution is 0.103. The summed E-state index contributed by atoms with van der Waals surface area (Å²) in [4.78, 5) is 13.2. The number of benzene rings is 3. The maximum atomic E-state index is 13.2. The Labute approximate surface area is 149 Å². The van der Waals surface area contributed by atoms with Crippen molar-refractivity contribution in [1.82, 2.24) is 0 Å². The first-order chi connectivity index (χ1) is 12.0. The number of ketones is 1. The molecule has 0 fully saturated rings. The van der Waals surface area contributed by atoms with E-state index in [0.29, 0.717) is 16.4 Å². The van der Waals surface area contributed by atoms with Gasteiger partial charge in [-0.2, -0.15) is 0 Å². The summed E-state index contributed by atoms with van der Waals surface area (Å²) in [5.74, 6) is -0.0557. The summed E-state index contributed by atoms with van der Waals surface area (Å²) in [5, 5.41) is 1.40. The molecule has 0 saturated heterocycles. The van der Waals surface area contributed by atoms with Crippen molar-refractivity contribution in [2.45, 2.75) is 20.8 Å². The molecule has 3 aromatic rings. The van der Waals surface area contributed by atoms with Gasteiger partial charge >= 0.3 is 0 Å². The van der Waals surface area contributed by atoms with Crippen LogP contribution in [0.2, 0.25) is 0 Å². The quantitative estimate of drug-likeness (QED) is 0.519. The molecule has 126 valence electrons. The van der Waals surface area contributed by atoms with Crippen LogP contribution in [0.1, 0.15) is 32.6 Å². The number of carbonyl (C=O) groups excluding carboxylic acids is 1. The number of hydrogen-bond donors (Lipinski definition) is 0. The fraction of sp³-hybridized carbons (Fsp3) is 0.136. The molecule has 0 aromatic heterocycles. The second-order valence-electron chi connectivity index (χ2n) is 6.34. The molecule has 0 aliphatic heterocycles. The van der Waals surface area contributed by atoms with Crippen molar-refractivity contribution in [3.05, 3.63) is 94.5 Å². The van der Waals surface area contributed by atoms with Gasteiger partial charge in [0.05, 0.1) is 0 Å². The van der Waals surface area contributed by atoms with Crippen molar-refractivity contribution in [3.8, 4) is 0 Å². The van der Waals surface area contributed by atoms with Gasteiger partial charge in [-0.1, -0.05) is 72.3 Å². The van der Waals surface area contributed by atoms with Crippen LogP contribution >= 0.6 is 7.80 Å². The lowest BCUT2D eigenvalue weighted by Crippen LogP contribution is -2.18. The topological polar surface area (TPSA) is 34.1 Å². The molecule has 1 atom stereocenters. The van der Waals surface area contributed by atoms with Crippen LogP contribution in [-0.2, 0) is 4.57 Å². The van der Waals surface area contributed by atoms with Crippen molar-refractivity contribution in [2.24, 2.45) is 0 Å². The van der Waals surface area contributed by atoms with Crippen LogP contribution in [-0.4, -0.2) is 5.78 Å². The molecule has 0 aliphatic rings. The summed E-state index contributed by atoms with van der Waals surface area (Å²) in [6, 6.07) is 20.6. The van der Waals surface area contributed by atoms with E-state index >= 15 is 0 Å². The Morgan fingerprint density at radius 2 is 1.36 bits per heavy atom. The van der Waals surface area contributed by atoms with Crippen molar-refractivity contribution in [3.63, 3.8) is 0 Å². The summed E-state index contributed by atoms with van der Waals surface area (Å²) in [7, 11) is -2.23. The predicted molar refractivity (Wildman–Crippen MR) is 105 cm³/mol. The summed E-state index contributed by atoms with van der Waals surface area (Å²) in [5.41, 5.74) is 4.29. The Hall–Kier alpha value is -2.44. The van der Waals surface area contributed by atoms with Gasteiger partial charge in [0.15, 0.2) is 5.78 Å². The van der Waals surface area contributed by atoms with Gasteiger partial charge in [0.25, 0.3) is 0 Å².